The van der Waals surface area contributed by atoms with Gasteiger partial charge in [-0.2, -0.15) is 0 Å². The van der Waals surface area contributed by atoms with E-state index in [0.29, 0.717) is 0 Å². The lowest BCUT2D eigenvalue weighted by molar-refractivity contribution is 0.393. The van der Waals surface area contributed by atoms with Gasteiger partial charge in [0.2, 0.25) is 0 Å². The molecule has 0 N–H and O–H groups in total. The number of aryl methyl sites for hydroxylation is 2. The molecule has 0 aromatic heterocycles. The maximum absolute atomic E-state index is 5.94. The van der Waals surface area contributed by atoms with Crippen LogP contribution in [-0.2, 0) is 6.42 Å². The molecule has 0 saturated carbocycles. The Labute approximate surface area is 190 Å². The first-order valence-corrected chi connectivity index (χ1v) is 10.8. The normalized spacial score (nSPS) is 15.2. The van der Waals surface area contributed by atoms with Gasteiger partial charge in [-0.25, -0.2) is 0 Å². The number of benzene rings is 3. The number of ether oxygens (including phenoxy) is 4. The molecular formula is C27H31NO4. The van der Waals surface area contributed by atoms with Crippen LogP contribution < -0.4 is 18.9 Å². The molecule has 1 aliphatic heterocycles. The first-order valence-electron chi connectivity index (χ1n) is 10.8. The van der Waals surface area contributed by atoms with Gasteiger partial charge in [-0.1, -0.05) is 6.07 Å². The zero-order chi connectivity index (χ0) is 23.2. The van der Waals surface area contributed by atoms with E-state index in [4.69, 9.17) is 23.9 Å². The third-order valence-electron chi connectivity index (χ3n) is 6.27. The number of rotatable bonds is 5. The van der Waals surface area contributed by atoms with Crippen molar-refractivity contribution in [3.8, 4) is 34.1 Å². The van der Waals surface area contributed by atoms with Gasteiger partial charge in [0.1, 0.15) is 23.0 Å². The maximum atomic E-state index is 5.94. The van der Waals surface area contributed by atoms with Crippen LogP contribution in [0.3, 0.4) is 0 Å². The Morgan fingerprint density at radius 1 is 0.719 bits per heavy atom. The number of fused-ring (bicyclic) bond motifs is 2. The van der Waals surface area contributed by atoms with E-state index in [2.05, 4.69) is 39.8 Å². The molecule has 0 radical (unpaired) electrons. The molecule has 0 bridgehead atoms. The average molecular weight is 434 g/mol. The van der Waals surface area contributed by atoms with Gasteiger partial charge < -0.3 is 18.9 Å². The van der Waals surface area contributed by atoms with E-state index in [9.17, 15) is 0 Å². The molecule has 3 aromatic carbocycles. The van der Waals surface area contributed by atoms with Gasteiger partial charge in [0.15, 0.2) is 0 Å². The van der Waals surface area contributed by atoms with Gasteiger partial charge in [0, 0.05) is 22.9 Å². The fraction of sp³-hybridized carbons (Fsp3) is 0.370. The third-order valence-corrected chi connectivity index (χ3v) is 6.27. The molecule has 5 heteroatoms. The second-order valence-electron chi connectivity index (χ2n) is 8.44. The van der Waals surface area contributed by atoms with Crippen LogP contribution in [0.5, 0.6) is 23.0 Å². The van der Waals surface area contributed by atoms with Crippen molar-refractivity contribution in [3.63, 3.8) is 0 Å². The number of aliphatic imine (C=N–C) groups is 1. The van der Waals surface area contributed by atoms with Crippen molar-refractivity contribution < 1.29 is 18.9 Å². The highest BCUT2D eigenvalue weighted by molar-refractivity contribution is 6.10. The number of hydrogen-bond acceptors (Lipinski definition) is 5. The fourth-order valence-corrected chi connectivity index (χ4v) is 5.03. The fourth-order valence-electron chi connectivity index (χ4n) is 5.03. The summed E-state index contributed by atoms with van der Waals surface area (Å²) >= 11 is 0. The lowest BCUT2D eigenvalue weighted by Gasteiger charge is -2.28. The molecular weight excluding hydrogens is 402 g/mol. The molecule has 0 spiro atoms. The zero-order valence-corrected chi connectivity index (χ0v) is 20.2. The summed E-state index contributed by atoms with van der Waals surface area (Å²) in [6.45, 7) is 8.41. The molecule has 4 rings (SSSR count). The predicted octanol–water partition coefficient (Wildman–Crippen LogP) is 5.91. The SMILES string of the molecule is COc1cc(OC)c(-c2c(C)cc(OC)c3c(OC)cc(C)cc23)c2c1C(C)=N[C@@H](C)C2. The van der Waals surface area contributed by atoms with E-state index in [1.54, 1.807) is 28.4 Å². The lowest BCUT2D eigenvalue weighted by atomic mass is 9.83. The minimum atomic E-state index is 0.180. The van der Waals surface area contributed by atoms with Crippen LogP contribution in [-0.4, -0.2) is 40.2 Å². The number of nitrogens with zero attached hydrogens (tertiary/aromatic N) is 1. The van der Waals surface area contributed by atoms with Crippen LogP contribution >= 0.6 is 0 Å². The van der Waals surface area contributed by atoms with Gasteiger partial charge in [0.25, 0.3) is 0 Å². The molecule has 0 saturated heterocycles. The topological polar surface area (TPSA) is 49.3 Å². The molecule has 1 heterocycles. The minimum Gasteiger partial charge on any atom is -0.496 e. The summed E-state index contributed by atoms with van der Waals surface area (Å²) in [6, 6.07) is 8.49. The monoisotopic (exact) mass is 433 g/mol. The molecule has 168 valence electrons. The molecule has 0 fully saturated rings. The molecule has 0 amide bonds. The third kappa shape index (κ3) is 3.36. The van der Waals surface area contributed by atoms with Crippen LogP contribution in [0.25, 0.3) is 21.9 Å². The van der Waals surface area contributed by atoms with Crippen LogP contribution in [0.15, 0.2) is 29.3 Å². The second kappa shape index (κ2) is 8.38. The first-order chi connectivity index (χ1) is 15.3. The van der Waals surface area contributed by atoms with Gasteiger partial charge in [0.05, 0.1) is 39.9 Å². The van der Waals surface area contributed by atoms with E-state index in [0.717, 1.165) is 73.7 Å². The van der Waals surface area contributed by atoms with Gasteiger partial charge in [-0.3, -0.25) is 4.99 Å². The summed E-state index contributed by atoms with van der Waals surface area (Å²) in [6.07, 6.45) is 0.811. The van der Waals surface area contributed by atoms with E-state index < -0.39 is 0 Å². The summed E-state index contributed by atoms with van der Waals surface area (Å²) in [5, 5.41) is 2.04. The van der Waals surface area contributed by atoms with E-state index in [-0.39, 0.29) is 6.04 Å². The summed E-state index contributed by atoms with van der Waals surface area (Å²) in [5.41, 5.74) is 7.70. The van der Waals surface area contributed by atoms with Crippen molar-refractivity contribution in [1.29, 1.82) is 0 Å². The average Bonchev–Trinajstić information content (AvgIpc) is 2.77. The minimum absolute atomic E-state index is 0.180. The first kappa shape index (κ1) is 22.0. The van der Waals surface area contributed by atoms with E-state index >= 15 is 0 Å². The highest BCUT2D eigenvalue weighted by Gasteiger charge is 2.29. The molecule has 1 atom stereocenters. The summed E-state index contributed by atoms with van der Waals surface area (Å²) in [5.74, 6) is 3.17. The Morgan fingerprint density at radius 3 is 1.94 bits per heavy atom. The summed E-state index contributed by atoms with van der Waals surface area (Å²) < 4.78 is 23.2. The maximum Gasteiger partial charge on any atom is 0.131 e. The molecule has 32 heavy (non-hydrogen) atoms. The molecule has 1 aliphatic rings. The molecule has 5 nitrogen and oxygen atoms in total. The predicted molar refractivity (Wildman–Crippen MR) is 130 cm³/mol. The second-order valence-corrected chi connectivity index (χ2v) is 8.44. The lowest BCUT2D eigenvalue weighted by Crippen LogP contribution is -2.19. The molecule has 0 unspecified atom stereocenters. The Hall–Kier alpha value is -3.21. The Balaban J connectivity index is 2.22. The van der Waals surface area contributed by atoms with Gasteiger partial charge >= 0.3 is 0 Å². The van der Waals surface area contributed by atoms with Crippen molar-refractivity contribution in [2.45, 2.75) is 40.2 Å². The number of hydrogen-bond donors (Lipinski definition) is 0. The van der Waals surface area contributed by atoms with Crippen LogP contribution in [0.4, 0.5) is 0 Å². The van der Waals surface area contributed by atoms with Crippen LogP contribution in [0.2, 0.25) is 0 Å². The molecule has 3 aromatic rings. The van der Waals surface area contributed by atoms with Crippen LogP contribution in [0.1, 0.15) is 36.1 Å². The van der Waals surface area contributed by atoms with Crippen molar-refractivity contribution in [2.75, 3.05) is 28.4 Å². The number of methoxy groups -OCH3 is 4. The van der Waals surface area contributed by atoms with Crippen molar-refractivity contribution in [3.05, 3.63) is 46.5 Å². The Kier molecular flexibility index (Phi) is 5.76. The van der Waals surface area contributed by atoms with E-state index in [1.165, 1.54) is 5.56 Å². The highest BCUT2D eigenvalue weighted by atomic mass is 16.5. The van der Waals surface area contributed by atoms with E-state index in [1.807, 2.05) is 12.1 Å². The van der Waals surface area contributed by atoms with Crippen molar-refractivity contribution >= 4 is 16.5 Å². The largest absolute Gasteiger partial charge is 0.496 e. The Bertz CT molecular complexity index is 1230. The van der Waals surface area contributed by atoms with Crippen molar-refractivity contribution in [2.24, 2.45) is 4.99 Å². The van der Waals surface area contributed by atoms with Crippen molar-refractivity contribution in [1.82, 2.24) is 0 Å². The van der Waals surface area contributed by atoms with Gasteiger partial charge in [-0.15, -0.1) is 0 Å². The highest BCUT2D eigenvalue weighted by Crippen LogP contribution is 2.49. The quantitative estimate of drug-likeness (QED) is 0.502. The van der Waals surface area contributed by atoms with Crippen LogP contribution in [0, 0.1) is 13.8 Å². The Morgan fingerprint density at radius 2 is 1.31 bits per heavy atom. The standard InChI is InChI=1S/C27H31NO4/c1-14-9-18-24(15(2)11-21(30-6)26(18)20(10-14)29-5)27-19-12-16(3)28-17(4)25(19)22(31-7)13-23(27)32-8/h9-11,13,16H,12H2,1-8H3/t16-/m0/s1. The molecule has 0 aliphatic carbocycles. The zero-order valence-electron chi connectivity index (χ0n) is 20.2. The summed E-state index contributed by atoms with van der Waals surface area (Å²) in [7, 11) is 6.81. The smallest absolute Gasteiger partial charge is 0.131 e. The summed E-state index contributed by atoms with van der Waals surface area (Å²) in [4.78, 5) is 4.83. The van der Waals surface area contributed by atoms with Gasteiger partial charge in [-0.05, 0) is 73.9 Å².